The summed E-state index contributed by atoms with van der Waals surface area (Å²) in [7, 11) is 2.05. The molecule has 0 aromatic heterocycles. The Balaban J connectivity index is 1.60. The van der Waals surface area contributed by atoms with E-state index in [4.69, 9.17) is 19.9 Å². The maximum absolute atomic E-state index is 12.8. The second kappa shape index (κ2) is 10.5. The van der Waals surface area contributed by atoms with Crippen LogP contribution in [-0.4, -0.2) is 72.0 Å². The maximum atomic E-state index is 12.8. The minimum Gasteiger partial charge on any atom is -0.507 e. The molecule has 1 amide bonds. The van der Waals surface area contributed by atoms with Gasteiger partial charge in [0.2, 0.25) is 12.7 Å². The Morgan fingerprint density at radius 3 is 2.69 bits per heavy atom. The van der Waals surface area contributed by atoms with Crippen molar-refractivity contribution in [3.05, 3.63) is 57.7 Å². The Kier molecular flexibility index (Phi) is 7.08. The fourth-order valence-electron chi connectivity index (χ4n) is 7.59. The number of ether oxygens (including phenoxy) is 3. The molecule has 2 unspecified atom stereocenters. The topological polar surface area (TPSA) is 133 Å². The first-order chi connectivity index (χ1) is 20.1. The number of nitrogens with one attached hydrogen (secondary N) is 1. The quantitative estimate of drug-likeness (QED) is 0.446. The van der Waals surface area contributed by atoms with Crippen molar-refractivity contribution >= 4 is 5.91 Å². The molecule has 10 heteroatoms. The van der Waals surface area contributed by atoms with Crippen molar-refractivity contribution in [1.82, 2.24) is 15.1 Å². The molecular formula is C32H39N5O5. The lowest BCUT2D eigenvalue weighted by molar-refractivity contribution is -0.123. The van der Waals surface area contributed by atoms with Gasteiger partial charge in [-0.05, 0) is 64.3 Å². The van der Waals surface area contributed by atoms with Crippen molar-refractivity contribution in [1.29, 1.82) is 5.26 Å². The highest BCUT2D eigenvalue weighted by Gasteiger charge is 2.56. The number of benzene rings is 2. The Labute approximate surface area is 246 Å². The van der Waals surface area contributed by atoms with Crippen LogP contribution in [0.4, 0.5) is 0 Å². The highest BCUT2D eigenvalue weighted by Crippen LogP contribution is 2.57. The first-order valence-corrected chi connectivity index (χ1v) is 14.5. The summed E-state index contributed by atoms with van der Waals surface area (Å²) in [5.74, 6) is 1.98. The SMILES string of the molecule is C=CCOc1c(C)c2c(c3c1CC1[C@H]4c5c(cc(C)c(C)c5O)C[C@@H](C(C#N)N1[C@H]3CNC(=O)[C@H](C)N)N4C)OCO2. The van der Waals surface area contributed by atoms with Crippen LogP contribution in [0.1, 0.15) is 58.0 Å². The molecule has 1 fully saturated rings. The number of likely N-dealkylation sites (N-methyl/N-ethyl adjacent to an activating group) is 1. The molecule has 0 radical (unpaired) electrons. The Hall–Kier alpha value is -3.78. The molecule has 2 aromatic rings. The van der Waals surface area contributed by atoms with E-state index in [1.165, 1.54) is 0 Å². The normalized spacial score (nSPS) is 26.4. The minimum absolute atomic E-state index is 0.0748. The number of nitrogens with two attached hydrogens (primary N) is 1. The summed E-state index contributed by atoms with van der Waals surface area (Å²) in [6, 6.07) is 2.66. The number of phenols is 1. The molecule has 10 nitrogen and oxygen atoms in total. The molecule has 1 saturated heterocycles. The summed E-state index contributed by atoms with van der Waals surface area (Å²) in [4.78, 5) is 17.3. The van der Waals surface area contributed by atoms with Gasteiger partial charge in [0.15, 0.2) is 11.5 Å². The summed E-state index contributed by atoms with van der Waals surface area (Å²) >= 11 is 0. The molecule has 222 valence electrons. The van der Waals surface area contributed by atoms with Gasteiger partial charge in [-0.25, -0.2) is 0 Å². The Morgan fingerprint density at radius 2 is 2.00 bits per heavy atom. The van der Waals surface area contributed by atoms with E-state index in [-0.39, 0.29) is 37.4 Å². The number of fused-ring (bicyclic) bond motifs is 9. The lowest BCUT2D eigenvalue weighted by Crippen LogP contribution is -2.68. The molecule has 4 heterocycles. The number of carbonyl (C=O) groups is 1. The predicted octanol–water partition coefficient (Wildman–Crippen LogP) is 2.85. The Bertz CT molecular complexity index is 1510. The van der Waals surface area contributed by atoms with E-state index < -0.39 is 18.1 Å². The van der Waals surface area contributed by atoms with Crippen molar-refractivity contribution < 1.29 is 24.1 Å². The van der Waals surface area contributed by atoms with Gasteiger partial charge < -0.3 is 30.4 Å². The third-order valence-electron chi connectivity index (χ3n) is 9.66. The zero-order chi connectivity index (χ0) is 30.0. The second-order valence-electron chi connectivity index (χ2n) is 12.0. The van der Waals surface area contributed by atoms with Crippen LogP contribution < -0.4 is 25.3 Å². The zero-order valence-corrected chi connectivity index (χ0v) is 24.9. The highest BCUT2D eigenvalue weighted by molar-refractivity contribution is 5.81. The molecule has 0 spiro atoms. The van der Waals surface area contributed by atoms with E-state index in [9.17, 15) is 15.2 Å². The first kappa shape index (κ1) is 28.3. The molecular weight excluding hydrogens is 534 g/mol. The number of nitrogens with zero attached hydrogens (tertiary/aromatic N) is 3. The number of carbonyl (C=O) groups excluding carboxylic acids is 1. The first-order valence-electron chi connectivity index (χ1n) is 14.5. The second-order valence-corrected chi connectivity index (χ2v) is 12.0. The van der Waals surface area contributed by atoms with Gasteiger partial charge in [-0.15, -0.1) is 0 Å². The van der Waals surface area contributed by atoms with Crippen LogP contribution in [0.5, 0.6) is 23.0 Å². The standard InChI is InChI=1S/C32H39N5O5/c1-7-8-40-29-17(4)30-31(42-14-41-30)26-20(29)11-22-27-25-19(9-15(2)16(3)28(25)38)10-21(36(27)6)23(12-33)37(22)24(26)13-35-32(39)18(5)34/h7,9,18,21-24,27,38H,1,8,10-11,13-14,34H2,2-6H3,(H,35,39)/t18-,21-,22?,23?,24-,27-/m0/s1. The lowest BCUT2D eigenvalue weighted by Gasteiger charge is -2.60. The van der Waals surface area contributed by atoms with E-state index in [2.05, 4.69) is 40.9 Å². The van der Waals surface area contributed by atoms with Crippen LogP contribution in [0.3, 0.4) is 0 Å². The largest absolute Gasteiger partial charge is 0.507 e. The van der Waals surface area contributed by atoms with E-state index >= 15 is 0 Å². The molecule has 4 aliphatic rings. The number of aryl methyl sites for hydroxylation is 1. The van der Waals surface area contributed by atoms with E-state index in [1.54, 1.807) is 13.0 Å². The third kappa shape index (κ3) is 4.06. The van der Waals surface area contributed by atoms with Crippen molar-refractivity contribution in [2.24, 2.45) is 5.73 Å². The number of aromatic hydroxyl groups is 1. The van der Waals surface area contributed by atoms with Crippen LogP contribution in [0, 0.1) is 32.1 Å². The number of hydrogen-bond donors (Lipinski definition) is 3. The number of phenolic OH excluding ortho intramolecular Hbond substituents is 1. The fourth-order valence-corrected chi connectivity index (χ4v) is 7.59. The summed E-state index contributed by atoms with van der Waals surface area (Å²) in [5, 5.41) is 25.3. The van der Waals surface area contributed by atoms with E-state index in [0.29, 0.717) is 42.4 Å². The molecule has 2 aromatic carbocycles. The molecule has 4 N–H and O–H groups in total. The molecule has 4 aliphatic heterocycles. The van der Waals surface area contributed by atoms with Crippen molar-refractivity contribution in [3.8, 4) is 29.1 Å². The average molecular weight is 574 g/mol. The van der Waals surface area contributed by atoms with Crippen molar-refractivity contribution in [2.45, 2.75) is 76.8 Å². The average Bonchev–Trinajstić information content (AvgIpc) is 3.45. The number of piperazine rings is 1. The summed E-state index contributed by atoms with van der Waals surface area (Å²) in [6.45, 7) is 12.0. The molecule has 2 bridgehead atoms. The van der Waals surface area contributed by atoms with Gasteiger partial charge in [0.25, 0.3) is 0 Å². The van der Waals surface area contributed by atoms with Gasteiger partial charge in [0.1, 0.15) is 24.1 Å². The fraction of sp³-hybridized carbons (Fsp3) is 0.500. The van der Waals surface area contributed by atoms with Gasteiger partial charge in [-0.3, -0.25) is 14.6 Å². The van der Waals surface area contributed by atoms with Gasteiger partial charge >= 0.3 is 0 Å². The van der Waals surface area contributed by atoms with Crippen molar-refractivity contribution in [2.75, 3.05) is 27.0 Å². The molecule has 0 saturated carbocycles. The Morgan fingerprint density at radius 1 is 1.26 bits per heavy atom. The number of hydrogen-bond acceptors (Lipinski definition) is 9. The van der Waals surface area contributed by atoms with Crippen LogP contribution >= 0.6 is 0 Å². The monoisotopic (exact) mass is 573 g/mol. The molecule has 42 heavy (non-hydrogen) atoms. The predicted molar refractivity (Wildman–Crippen MR) is 157 cm³/mol. The number of rotatable bonds is 6. The minimum atomic E-state index is -0.688. The highest BCUT2D eigenvalue weighted by atomic mass is 16.7. The molecule has 6 atom stereocenters. The van der Waals surface area contributed by atoms with Crippen LogP contribution in [0.25, 0.3) is 0 Å². The van der Waals surface area contributed by atoms with Crippen LogP contribution in [0.15, 0.2) is 18.7 Å². The van der Waals surface area contributed by atoms with Gasteiger partial charge in [0.05, 0.1) is 24.2 Å². The van der Waals surface area contributed by atoms with Gasteiger partial charge in [-0.2, -0.15) is 5.26 Å². The molecule has 6 rings (SSSR count). The van der Waals surface area contributed by atoms with Crippen LogP contribution in [0.2, 0.25) is 0 Å². The van der Waals surface area contributed by atoms with Gasteiger partial charge in [-0.1, -0.05) is 18.7 Å². The third-order valence-corrected chi connectivity index (χ3v) is 9.66. The zero-order valence-electron chi connectivity index (χ0n) is 24.9. The van der Waals surface area contributed by atoms with E-state index in [1.807, 2.05) is 20.8 Å². The summed E-state index contributed by atoms with van der Waals surface area (Å²) in [5.41, 5.74) is 12.5. The smallest absolute Gasteiger partial charge is 0.236 e. The maximum Gasteiger partial charge on any atom is 0.236 e. The summed E-state index contributed by atoms with van der Waals surface area (Å²) < 4.78 is 18.3. The van der Waals surface area contributed by atoms with Crippen molar-refractivity contribution in [3.63, 3.8) is 0 Å². The summed E-state index contributed by atoms with van der Waals surface area (Å²) in [6.07, 6.45) is 2.88. The molecule has 0 aliphatic carbocycles. The lowest BCUT2D eigenvalue weighted by atomic mass is 9.71. The van der Waals surface area contributed by atoms with Gasteiger partial charge in [0, 0.05) is 40.9 Å². The van der Waals surface area contributed by atoms with Crippen LogP contribution in [-0.2, 0) is 17.6 Å². The number of nitriles is 1. The number of amides is 1. The van der Waals surface area contributed by atoms with E-state index in [0.717, 1.165) is 38.9 Å².